The normalized spacial score (nSPS) is 14.6. The molecule has 1 aromatic heterocycles. The Morgan fingerprint density at radius 1 is 1.02 bits per heavy atom. The lowest BCUT2D eigenvalue weighted by Gasteiger charge is -2.30. The summed E-state index contributed by atoms with van der Waals surface area (Å²) in [6.45, 7) is 6.24. The smallest absolute Gasteiger partial charge is 0.337 e. The predicted molar refractivity (Wildman–Crippen MR) is 162 cm³/mol. The number of ether oxygens (including phenoxy) is 1. The summed E-state index contributed by atoms with van der Waals surface area (Å²) in [7, 11) is 0. The monoisotopic (exact) mass is 571 g/mol. The van der Waals surface area contributed by atoms with E-state index in [-0.39, 0.29) is 12.2 Å². The molecule has 1 atom stereocenters. The quantitative estimate of drug-likeness (QED) is 0.130. The molecular formula is C32H30ClN3O3S. The number of carbonyl (C=O) groups excluding carboxylic acids is 1. The van der Waals surface area contributed by atoms with Crippen LogP contribution in [0.25, 0.3) is 5.70 Å². The largest absolute Gasteiger partial charge is 0.463 e. The highest BCUT2D eigenvalue weighted by atomic mass is 35.5. The van der Waals surface area contributed by atoms with E-state index >= 15 is 0 Å². The van der Waals surface area contributed by atoms with Crippen LogP contribution in [0.15, 0.2) is 94.4 Å². The Kier molecular flexibility index (Phi) is 8.43. The number of anilines is 1. The Morgan fingerprint density at radius 3 is 2.40 bits per heavy atom. The summed E-state index contributed by atoms with van der Waals surface area (Å²) in [4.78, 5) is 35.1. The number of nitrogens with zero attached hydrogens (tertiary/aromatic N) is 1. The number of aromatic nitrogens is 2. The molecule has 0 fully saturated rings. The summed E-state index contributed by atoms with van der Waals surface area (Å²) in [5.41, 5.74) is 4.74. The van der Waals surface area contributed by atoms with Gasteiger partial charge in [-0.05, 0) is 41.2 Å². The average Bonchev–Trinajstić information content (AvgIpc) is 2.96. The molecular weight excluding hydrogens is 542 g/mol. The molecule has 0 saturated heterocycles. The van der Waals surface area contributed by atoms with Crippen LogP contribution in [0.4, 0.5) is 5.82 Å². The van der Waals surface area contributed by atoms with Crippen LogP contribution in [0, 0.1) is 0 Å². The molecule has 2 N–H and O–H groups in total. The van der Waals surface area contributed by atoms with Gasteiger partial charge in [-0.1, -0.05) is 110 Å². The maximum atomic E-state index is 13.7. The first-order valence-electron chi connectivity index (χ1n) is 13.2. The van der Waals surface area contributed by atoms with Crippen LogP contribution in [0.1, 0.15) is 60.4 Å². The number of hydrogen-bond donors (Lipinski definition) is 2. The van der Waals surface area contributed by atoms with E-state index in [0.29, 0.717) is 44.5 Å². The van der Waals surface area contributed by atoms with Gasteiger partial charge in [-0.15, -0.1) is 0 Å². The zero-order chi connectivity index (χ0) is 28.2. The zero-order valence-electron chi connectivity index (χ0n) is 22.5. The number of halogens is 1. The first-order chi connectivity index (χ1) is 19.4. The van der Waals surface area contributed by atoms with E-state index in [9.17, 15) is 9.59 Å². The Bertz CT molecular complexity index is 1610. The molecule has 4 aromatic rings. The number of H-pyrrole nitrogens is 1. The molecule has 2 heterocycles. The van der Waals surface area contributed by atoms with Gasteiger partial charge in [0.1, 0.15) is 5.82 Å². The molecule has 0 amide bonds. The standard InChI is InChI=1S/C32H30ClN3O3S/c1-4-39-31(38)26-25(21-16-14-20(15-17-21)19(2)3)27-29(34-28(26)22-10-6-5-7-11-22)35-32(36-30(27)37)40-18-23-12-8-9-13-24(23)33/h5-17,19,25H,4,18H2,1-3H3,(H2,34,35,36,37). The van der Waals surface area contributed by atoms with Gasteiger partial charge >= 0.3 is 5.97 Å². The van der Waals surface area contributed by atoms with E-state index in [4.69, 9.17) is 21.3 Å². The molecule has 40 heavy (non-hydrogen) atoms. The van der Waals surface area contributed by atoms with E-state index in [0.717, 1.165) is 16.7 Å². The second-order valence-corrected chi connectivity index (χ2v) is 11.1. The van der Waals surface area contributed by atoms with Gasteiger partial charge in [-0.3, -0.25) is 4.79 Å². The Labute approximate surface area is 242 Å². The van der Waals surface area contributed by atoms with Crippen LogP contribution in [0.2, 0.25) is 5.02 Å². The minimum atomic E-state index is -0.675. The fourth-order valence-electron chi connectivity index (χ4n) is 4.80. The average molecular weight is 572 g/mol. The molecule has 5 rings (SSSR count). The van der Waals surface area contributed by atoms with Crippen molar-refractivity contribution in [2.45, 2.75) is 43.5 Å². The number of hydrogen-bond acceptors (Lipinski definition) is 6. The number of esters is 1. The lowest BCUT2D eigenvalue weighted by atomic mass is 9.80. The maximum absolute atomic E-state index is 13.7. The molecule has 6 nitrogen and oxygen atoms in total. The van der Waals surface area contributed by atoms with Gasteiger partial charge in [-0.25, -0.2) is 9.78 Å². The van der Waals surface area contributed by atoms with E-state index in [2.05, 4.69) is 24.1 Å². The van der Waals surface area contributed by atoms with Crippen molar-refractivity contribution in [1.29, 1.82) is 0 Å². The summed E-state index contributed by atoms with van der Waals surface area (Å²) in [6.07, 6.45) is 0. The Morgan fingerprint density at radius 2 is 1.73 bits per heavy atom. The number of nitrogens with one attached hydrogen (secondary N) is 2. The van der Waals surface area contributed by atoms with E-state index < -0.39 is 11.9 Å². The van der Waals surface area contributed by atoms with E-state index in [1.807, 2.05) is 78.9 Å². The molecule has 1 unspecified atom stereocenters. The maximum Gasteiger partial charge on any atom is 0.337 e. The van der Waals surface area contributed by atoms with Crippen molar-refractivity contribution in [3.63, 3.8) is 0 Å². The van der Waals surface area contributed by atoms with Gasteiger partial charge in [0.15, 0.2) is 5.16 Å². The van der Waals surface area contributed by atoms with Crippen LogP contribution < -0.4 is 10.9 Å². The van der Waals surface area contributed by atoms with Gasteiger partial charge < -0.3 is 15.0 Å². The van der Waals surface area contributed by atoms with Crippen molar-refractivity contribution in [3.05, 3.63) is 128 Å². The first kappa shape index (κ1) is 27.7. The van der Waals surface area contributed by atoms with Crippen molar-refractivity contribution in [1.82, 2.24) is 9.97 Å². The number of fused-ring (bicyclic) bond motifs is 1. The fourth-order valence-corrected chi connectivity index (χ4v) is 5.94. The highest BCUT2D eigenvalue weighted by Crippen LogP contribution is 2.43. The fraction of sp³-hybridized carbons (Fsp3) is 0.219. The Hall–Kier alpha value is -3.81. The molecule has 8 heteroatoms. The SMILES string of the molecule is CCOC(=O)C1=C(c2ccccc2)Nc2nc(SCc3ccccc3Cl)[nH]c(=O)c2C1c1ccc(C(C)C)cc1. The highest BCUT2D eigenvalue weighted by Gasteiger charge is 2.38. The second kappa shape index (κ2) is 12.1. The molecule has 204 valence electrons. The minimum Gasteiger partial charge on any atom is -0.463 e. The second-order valence-electron chi connectivity index (χ2n) is 9.77. The number of benzene rings is 3. The molecule has 3 aromatic carbocycles. The van der Waals surface area contributed by atoms with Crippen molar-refractivity contribution in [2.24, 2.45) is 0 Å². The van der Waals surface area contributed by atoms with Crippen molar-refractivity contribution < 1.29 is 9.53 Å². The van der Waals surface area contributed by atoms with Gasteiger partial charge in [0.05, 0.1) is 29.4 Å². The molecule has 0 saturated carbocycles. The van der Waals surface area contributed by atoms with Gasteiger partial charge in [0.2, 0.25) is 0 Å². The topological polar surface area (TPSA) is 84.1 Å². The van der Waals surface area contributed by atoms with E-state index in [1.165, 1.54) is 17.3 Å². The van der Waals surface area contributed by atoms with Crippen molar-refractivity contribution in [3.8, 4) is 0 Å². The van der Waals surface area contributed by atoms with Crippen molar-refractivity contribution in [2.75, 3.05) is 11.9 Å². The van der Waals surface area contributed by atoms with Gasteiger partial charge in [0, 0.05) is 10.8 Å². The molecule has 0 spiro atoms. The molecule has 0 bridgehead atoms. The summed E-state index contributed by atoms with van der Waals surface area (Å²) in [5.74, 6) is 0.142. The third-order valence-corrected chi connectivity index (χ3v) is 8.13. The van der Waals surface area contributed by atoms with Crippen LogP contribution in [0.3, 0.4) is 0 Å². The number of carbonyl (C=O) groups is 1. The molecule has 0 radical (unpaired) electrons. The molecule has 1 aliphatic heterocycles. The van der Waals surface area contributed by atoms with Crippen molar-refractivity contribution >= 4 is 40.8 Å². The van der Waals surface area contributed by atoms with Crippen LogP contribution in [-0.4, -0.2) is 22.5 Å². The lowest BCUT2D eigenvalue weighted by Crippen LogP contribution is -2.31. The highest BCUT2D eigenvalue weighted by molar-refractivity contribution is 7.98. The lowest BCUT2D eigenvalue weighted by molar-refractivity contribution is -0.138. The van der Waals surface area contributed by atoms with Crippen LogP contribution in [0.5, 0.6) is 0 Å². The summed E-state index contributed by atoms with van der Waals surface area (Å²) in [6, 6.07) is 25.2. The Balaban J connectivity index is 1.66. The van der Waals surface area contributed by atoms with Gasteiger partial charge in [-0.2, -0.15) is 0 Å². The summed E-state index contributed by atoms with van der Waals surface area (Å²) < 4.78 is 5.54. The number of thioether (sulfide) groups is 1. The minimum absolute atomic E-state index is 0.211. The van der Waals surface area contributed by atoms with Gasteiger partial charge in [0.25, 0.3) is 5.56 Å². The summed E-state index contributed by atoms with van der Waals surface area (Å²) >= 11 is 7.74. The third-order valence-electron chi connectivity index (χ3n) is 6.84. The first-order valence-corrected chi connectivity index (χ1v) is 14.6. The zero-order valence-corrected chi connectivity index (χ0v) is 24.1. The van der Waals surface area contributed by atoms with Crippen LogP contribution >= 0.6 is 23.4 Å². The third kappa shape index (κ3) is 5.71. The predicted octanol–water partition coefficient (Wildman–Crippen LogP) is 7.37. The van der Waals surface area contributed by atoms with Crippen LogP contribution in [-0.2, 0) is 15.3 Å². The number of rotatable bonds is 8. The molecule has 1 aliphatic rings. The number of aromatic amines is 1. The molecule has 0 aliphatic carbocycles. The summed E-state index contributed by atoms with van der Waals surface area (Å²) in [5, 5.41) is 4.45. The van der Waals surface area contributed by atoms with E-state index in [1.54, 1.807) is 6.92 Å².